The van der Waals surface area contributed by atoms with Crippen LogP contribution in [-0.2, 0) is 0 Å². The molecule has 1 N–H and O–H groups in total. The van der Waals surface area contributed by atoms with E-state index in [4.69, 9.17) is 0 Å². The third-order valence-corrected chi connectivity index (χ3v) is 3.26. The lowest BCUT2D eigenvalue weighted by Gasteiger charge is -2.38. The Balaban J connectivity index is 2.53. The molecule has 1 aliphatic carbocycles. The normalized spacial score (nSPS) is 42.6. The van der Waals surface area contributed by atoms with Crippen molar-refractivity contribution in [3.05, 3.63) is 12.7 Å². The van der Waals surface area contributed by atoms with Crippen molar-refractivity contribution < 1.29 is 5.11 Å². The smallest absolute Gasteiger partial charge is 0.0684 e. The van der Waals surface area contributed by atoms with Gasteiger partial charge in [0.05, 0.1) is 5.60 Å². The van der Waals surface area contributed by atoms with Crippen LogP contribution in [0.25, 0.3) is 0 Å². The van der Waals surface area contributed by atoms with Crippen LogP contribution in [-0.4, -0.2) is 10.7 Å². The van der Waals surface area contributed by atoms with Crippen molar-refractivity contribution in [1.29, 1.82) is 0 Å². The van der Waals surface area contributed by atoms with Gasteiger partial charge in [0.15, 0.2) is 0 Å². The Kier molecular flexibility index (Phi) is 2.94. The van der Waals surface area contributed by atoms with E-state index in [0.717, 1.165) is 31.6 Å². The number of rotatable bonds is 2. The maximum atomic E-state index is 10.1. The molecule has 3 atom stereocenters. The van der Waals surface area contributed by atoms with Gasteiger partial charge < -0.3 is 5.11 Å². The van der Waals surface area contributed by atoms with Gasteiger partial charge >= 0.3 is 0 Å². The van der Waals surface area contributed by atoms with Crippen LogP contribution >= 0.6 is 0 Å². The molecule has 1 heteroatoms. The SMILES string of the molecule is C=CCC1(O)CCC(C)C(C)C1. The van der Waals surface area contributed by atoms with Gasteiger partial charge in [-0.3, -0.25) is 0 Å². The van der Waals surface area contributed by atoms with Gasteiger partial charge in [0.25, 0.3) is 0 Å². The maximum absolute atomic E-state index is 10.1. The lowest BCUT2D eigenvalue weighted by atomic mass is 9.72. The van der Waals surface area contributed by atoms with Crippen molar-refractivity contribution in [2.24, 2.45) is 11.8 Å². The molecular weight excluding hydrogens is 148 g/mol. The molecule has 12 heavy (non-hydrogen) atoms. The molecule has 0 bridgehead atoms. The highest BCUT2D eigenvalue weighted by atomic mass is 16.3. The van der Waals surface area contributed by atoms with E-state index in [1.165, 1.54) is 0 Å². The number of hydrogen-bond acceptors (Lipinski definition) is 1. The van der Waals surface area contributed by atoms with Crippen LogP contribution in [0.2, 0.25) is 0 Å². The van der Waals surface area contributed by atoms with Crippen molar-refractivity contribution in [2.75, 3.05) is 0 Å². The van der Waals surface area contributed by atoms with Gasteiger partial charge in [-0.1, -0.05) is 19.9 Å². The summed E-state index contributed by atoms with van der Waals surface area (Å²) in [6.07, 6.45) is 5.64. The van der Waals surface area contributed by atoms with E-state index in [1.807, 2.05) is 6.08 Å². The summed E-state index contributed by atoms with van der Waals surface area (Å²) < 4.78 is 0. The lowest BCUT2D eigenvalue weighted by molar-refractivity contribution is -0.0257. The Bertz CT molecular complexity index is 164. The number of aliphatic hydroxyl groups is 1. The summed E-state index contributed by atoms with van der Waals surface area (Å²) in [5.74, 6) is 1.43. The third-order valence-electron chi connectivity index (χ3n) is 3.26. The summed E-state index contributed by atoms with van der Waals surface area (Å²) in [6, 6.07) is 0. The first-order valence-electron chi connectivity index (χ1n) is 4.91. The van der Waals surface area contributed by atoms with Gasteiger partial charge in [-0.2, -0.15) is 0 Å². The summed E-state index contributed by atoms with van der Waals surface area (Å²) >= 11 is 0. The molecule has 1 nitrogen and oxygen atoms in total. The van der Waals surface area contributed by atoms with Gasteiger partial charge in [0.2, 0.25) is 0 Å². The maximum Gasteiger partial charge on any atom is 0.0684 e. The molecule has 0 spiro atoms. The van der Waals surface area contributed by atoms with E-state index in [2.05, 4.69) is 20.4 Å². The standard InChI is InChI=1S/C11H20O/c1-4-6-11(12)7-5-9(2)10(3)8-11/h4,9-10,12H,1,5-8H2,2-3H3. The van der Waals surface area contributed by atoms with Crippen molar-refractivity contribution in [3.63, 3.8) is 0 Å². The largest absolute Gasteiger partial charge is 0.390 e. The van der Waals surface area contributed by atoms with Crippen LogP contribution in [0.15, 0.2) is 12.7 Å². The first kappa shape index (κ1) is 9.79. The topological polar surface area (TPSA) is 20.2 Å². The molecule has 1 saturated carbocycles. The molecule has 1 rings (SSSR count). The molecule has 0 amide bonds. The van der Waals surface area contributed by atoms with Crippen LogP contribution in [0.1, 0.15) is 39.5 Å². The van der Waals surface area contributed by atoms with Crippen molar-refractivity contribution in [1.82, 2.24) is 0 Å². The van der Waals surface area contributed by atoms with Gasteiger partial charge in [0, 0.05) is 0 Å². The van der Waals surface area contributed by atoms with Crippen LogP contribution < -0.4 is 0 Å². The average molecular weight is 168 g/mol. The summed E-state index contributed by atoms with van der Waals surface area (Å²) in [6.45, 7) is 8.19. The van der Waals surface area contributed by atoms with Crippen molar-refractivity contribution in [2.45, 2.75) is 45.1 Å². The quantitative estimate of drug-likeness (QED) is 0.629. The summed E-state index contributed by atoms with van der Waals surface area (Å²) in [5, 5.41) is 10.1. The zero-order chi connectivity index (χ0) is 9.19. The fourth-order valence-corrected chi connectivity index (χ4v) is 2.14. The molecule has 0 radical (unpaired) electrons. The van der Waals surface area contributed by atoms with E-state index < -0.39 is 5.60 Å². The third kappa shape index (κ3) is 2.10. The Morgan fingerprint density at radius 3 is 2.67 bits per heavy atom. The van der Waals surface area contributed by atoms with Crippen LogP contribution in [0.5, 0.6) is 0 Å². The molecule has 0 aromatic heterocycles. The second kappa shape index (κ2) is 3.61. The Morgan fingerprint density at radius 1 is 1.50 bits per heavy atom. The first-order chi connectivity index (χ1) is 5.57. The lowest BCUT2D eigenvalue weighted by Crippen LogP contribution is -2.37. The molecule has 0 aromatic rings. The monoisotopic (exact) mass is 168 g/mol. The Morgan fingerprint density at radius 2 is 2.17 bits per heavy atom. The summed E-state index contributed by atoms with van der Waals surface area (Å²) in [7, 11) is 0. The van der Waals surface area contributed by atoms with Gasteiger partial charge in [-0.25, -0.2) is 0 Å². The van der Waals surface area contributed by atoms with Crippen molar-refractivity contribution in [3.8, 4) is 0 Å². The summed E-state index contributed by atoms with van der Waals surface area (Å²) in [5.41, 5.74) is -0.437. The molecule has 1 fully saturated rings. The second-order valence-corrected chi connectivity index (χ2v) is 4.41. The van der Waals surface area contributed by atoms with E-state index in [1.54, 1.807) is 0 Å². The highest BCUT2D eigenvalue weighted by Gasteiger charge is 2.34. The van der Waals surface area contributed by atoms with Gasteiger partial charge in [-0.15, -0.1) is 6.58 Å². The minimum Gasteiger partial charge on any atom is -0.390 e. The minimum absolute atomic E-state index is 0.437. The van der Waals surface area contributed by atoms with Crippen LogP contribution in [0.3, 0.4) is 0 Å². The molecule has 1 aliphatic rings. The van der Waals surface area contributed by atoms with E-state index in [9.17, 15) is 5.11 Å². The van der Waals surface area contributed by atoms with Crippen molar-refractivity contribution >= 4 is 0 Å². The molecule has 0 aliphatic heterocycles. The van der Waals surface area contributed by atoms with E-state index in [-0.39, 0.29) is 0 Å². The molecular formula is C11H20O. The summed E-state index contributed by atoms with van der Waals surface area (Å²) in [4.78, 5) is 0. The fraction of sp³-hybridized carbons (Fsp3) is 0.818. The second-order valence-electron chi connectivity index (χ2n) is 4.41. The average Bonchev–Trinajstić information content (AvgIpc) is 1.98. The molecule has 0 saturated heterocycles. The highest BCUT2D eigenvalue weighted by Crippen LogP contribution is 2.37. The Labute approximate surface area is 75.5 Å². The van der Waals surface area contributed by atoms with Crippen LogP contribution in [0.4, 0.5) is 0 Å². The predicted octanol–water partition coefficient (Wildman–Crippen LogP) is 2.75. The number of hydrogen-bond donors (Lipinski definition) is 1. The molecule has 0 aromatic carbocycles. The molecule has 70 valence electrons. The predicted molar refractivity (Wildman–Crippen MR) is 51.9 cm³/mol. The minimum atomic E-state index is -0.437. The Hall–Kier alpha value is -0.300. The molecule has 3 unspecified atom stereocenters. The molecule has 0 heterocycles. The van der Waals surface area contributed by atoms with Gasteiger partial charge in [-0.05, 0) is 37.5 Å². The zero-order valence-electron chi connectivity index (χ0n) is 8.21. The highest BCUT2D eigenvalue weighted by molar-refractivity contribution is 4.92. The van der Waals surface area contributed by atoms with E-state index in [0.29, 0.717) is 5.92 Å². The van der Waals surface area contributed by atoms with Crippen LogP contribution in [0, 0.1) is 11.8 Å². The zero-order valence-corrected chi connectivity index (χ0v) is 8.21. The first-order valence-corrected chi connectivity index (χ1v) is 4.91. The fourth-order valence-electron chi connectivity index (χ4n) is 2.14. The van der Waals surface area contributed by atoms with E-state index >= 15 is 0 Å². The van der Waals surface area contributed by atoms with Gasteiger partial charge in [0.1, 0.15) is 0 Å².